The predicted octanol–water partition coefficient (Wildman–Crippen LogP) is -2.38. The zero-order chi connectivity index (χ0) is 22.3. The SMILES string of the molecule is CC(NC(=O)C(NC(=O)C1CCCN1C(=O)C(N)CCC(=O)O)C(C)O)C(=O)O. The number of nitrogens with one attached hydrogen (secondary N) is 2. The van der Waals surface area contributed by atoms with Crippen molar-refractivity contribution >= 4 is 29.7 Å². The second-order valence-electron chi connectivity index (χ2n) is 7.02. The topological polar surface area (TPSA) is 199 Å². The first-order valence-corrected chi connectivity index (χ1v) is 9.25. The number of carbonyl (C=O) groups is 5. The lowest BCUT2D eigenvalue weighted by Crippen LogP contribution is -2.59. The third-order valence-corrected chi connectivity index (χ3v) is 4.62. The van der Waals surface area contributed by atoms with Gasteiger partial charge in [0, 0.05) is 13.0 Å². The molecule has 0 aromatic carbocycles. The molecule has 0 aliphatic carbocycles. The van der Waals surface area contributed by atoms with Gasteiger partial charge in [0.2, 0.25) is 17.7 Å². The Balaban J connectivity index is 2.80. The number of amides is 3. The number of aliphatic hydroxyl groups is 1. The van der Waals surface area contributed by atoms with E-state index in [1.807, 2.05) is 0 Å². The van der Waals surface area contributed by atoms with Gasteiger partial charge in [-0.3, -0.25) is 24.0 Å². The summed E-state index contributed by atoms with van der Waals surface area (Å²) in [4.78, 5) is 60.1. The van der Waals surface area contributed by atoms with Gasteiger partial charge in [-0.1, -0.05) is 0 Å². The Hall–Kier alpha value is -2.73. The Labute approximate surface area is 167 Å². The van der Waals surface area contributed by atoms with Gasteiger partial charge in [0.05, 0.1) is 12.1 Å². The summed E-state index contributed by atoms with van der Waals surface area (Å²) in [5, 5.41) is 31.9. The summed E-state index contributed by atoms with van der Waals surface area (Å²) in [6, 6.07) is -4.64. The highest BCUT2D eigenvalue weighted by molar-refractivity contribution is 5.94. The van der Waals surface area contributed by atoms with Gasteiger partial charge < -0.3 is 36.6 Å². The molecule has 1 rings (SSSR count). The third-order valence-electron chi connectivity index (χ3n) is 4.62. The lowest BCUT2D eigenvalue weighted by molar-refractivity contribution is -0.144. The molecule has 0 radical (unpaired) electrons. The molecule has 1 fully saturated rings. The number of nitrogens with zero attached hydrogens (tertiary/aromatic N) is 1. The molecule has 29 heavy (non-hydrogen) atoms. The first kappa shape index (κ1) is 24.3. The molecule has 5 unspecified atom stereocenters. The van der Waals surface area contributed by atoms with Gasteiger partial charge in [-0.15, -0.1) is 0 Å². The molecule has 0 aromatic heterocycles. The summed E-state index contributed by atoms with van der Waals surface area (Å²) in [7, 11) is 0. The van der Waals surface area contributed by atoms with E-state index < -0.39 is 59.9 Å². The van der Waals surface area contributed by atoms with E-state index in [0.29, 0.717) is 12.8 Å². The number of hydrogen-bond acceptors (Lipinski definition) is 7. The van der Waals surface area contributed by atoms with Crippen LogP contribution < -0.4 is 16.4 Å². The zero-order valence-electron chi connectivity index (χ0n) is 16.3. The number of aliphatic hydroxyl groups excluding tert-OH is 1. The number of rotatable bonds is 10. The van der Waals surface area contributed by atoms with Crippen LogP contribution in [0, 0.1) is 0 Å². The van der Waals surface area contributed by atoms with E-state index in [2.05, 4.69) is 10.6 Å². The highest BCUT2D eigenvalue weighted by atomic mass is 16.4. The average molecular weight is 416 g/mol. The van der Waals surface area contributed by atoms with Crippen LogP contribution in [0.5, 0.6) is 0 Å². The second-order valence-corrected chi connectivity index (χ2v) is 7.02. The van der Waals surface area contributed by atoms with Gasteiger partial charge in [-0.2, -0.15) is 0 Å². The molecule has 0 aromatic rings. The Morgan fingerprint density at radius 2 is 1.76 bits per heavy atom. The fourth-order valence-corrected chi connectivity index (χ4v) is 2.94. The Morgan fingerprint density at radius 1 is 1.14 bits per heavy atom. The number of likely N-dealkylation sites (tertiary alicyclic amines) is 1. The van der Waals surface area contributed by atoms with E-state index in [9.17, 15) is 29.1 Å². The molecule has 1 heterocycles. The summed E-state index contributed by atoms with van der Waals surface area (Å²) >= 11 is 0. The number of carbonyl (C=O) groups excluding carboxylic acids is 3. The lowest BCUT2D eigenvalue weighted by Gasteiger charge is -2.29. The van der Waals surface area contributed by atoms with Gasteiger partial charge in [0.1, 0.15) is 18.1 Å². The van der Waals surface area contributed by atoms with Gasteiger partial charge in [0.15, 0.2) is 0 Å². The minimum absolute atomic E-state index is 0.0786. The Kier molecular flexibility index (Phi) is 8.98. The minimum Gasteiger partial charge on any atom is -0.481 e. The molecule has 12 nitrogen and oxygen atoms in total. The van der Waals surface area contributed by atoms with E-state index >= 15 is 0 Å². The number of carboxylic acid groups (broad SMARTS) is 2. The van der Waals surface area contributed by atoms with Crippen LogP contribution in [0.1, 0.15) is 39.5 Å². The van der Waals surface area contributed by atoms with Crippen LogP contribution in [0.4, 0.5) is 0 Å². The molecule has 164 valence electrons. The second kappa shape index (κ2) is 10.7. The number of hydrogen-bond donors (Lipinski definition) is 6. The highest BCUT2D eigenvalue weighted by Gasteiger charge is 2.38. The van der Waals surface area contributed by atoms with Crippen molar-refractivity contribution in [2.45, 2.75) is 69.8 Å². The normalized spacial score (nSPS) is 20.3. The van der Waals surface area contributed by atoms with Crippen molar-refractivity contribution in [3.8, 4) is 0 Å². The predicted molar refractivity (Wildman–Crippen MR) is 98.4 cm³/mol. The molecule has 0 spiro atoms. The first-order valence-electron chi connectivity index (χ1n) is 9.25. The minimum atomic E-state index is -1.41. The number of nitrogens with two attached hydrogens (primary N) is 1. The number of carboxylic acids is 2. The summed E-state index contributed by atoms with van der Waals surface area (Å²) in [6.07, 6.45) is -0.864. The molecule has 3 amide bonds. The van der Waals surface area contributed by atoms with Crippen LogP contribution in [0.3, 0.4) is 0 Å². The summed E-state index contributed by atoms with van der Waals surface area (Å²) in [6.45, 7) is 2.74. The maximum absolute atomic E-state index is 12.6. The molecule has 12 heteroatoms. The van der Waals surface area contributed by atoms with Crippen molar-refractivity contribution in [2.24, 2.45) is 5.73 Å². The monoisotopic (exact) mass is 416 g/mol. The maximum atomic E-state index is 12.6. The first-order chi connectivity index (χ1) is 13.5. The molecule has 1 aliphatic rings. The smallest absolute Gasteiger partial charge is 0.325 e. The highest BCUT2D eigenvalue weighted by Crippen LogP contribution is 2.19. The van der Waals surface area contributed by atoms with Crippen molar-refractivity contribution < 1.29 is 39.3 Å². The van der Waals surface area contributed by atoms with Gasteiger partial charge in [-0.05, 0) is 33.1 Å². The van der Waals surface area contributed by atoms with E-state index in [1.165, 1.54) is 18.7 Å². The lowest BCUT2D eigenvalue weighted by atomic mass is 10.1. The average Bonchev–Trinajstić information content (AvgIpc) is 3.12. The van der Waals surface area contributed by atoms with Crippen LogP contribution in [0.15, 0.2) is 0 Å². The van der Waals surface area contributed by atoms with Crippen LogP contribution in [0.2, 0.25) is 0 Å². The van der Waals surface area contributed by atoms with Crippen LogP contribution in [-0.2, 0) is 24.0 Å². The molecule has 0 bridgehead atoms. The Morgan fingerprint density at radius 3 is 2.28 bits per heavy atom. The number of aliphatic carboxylic acids is 2. The van der Waals surface area contributed by atoms with E-state index in [4.69, 9.17) is 15.9 Å². The van der Waals surface area contributed by atoms with Crippen LogP contribution in [-0.4, -0.2) is 86.7 Å². The van der Waals surface area contributed by atoms with Crippen molar-refractivity contribution in [3.63, 3.8) is 0 Å². The quantitative estimate of drug-likeness (QED) is 0.225. The molecule has 1 aliphatic heterocycles. The molecular formula is C17H28N4O8. The van der Waals surface area contributed by atoms with Crippen molar-refractivity contribution in [1.29, 1.82) is 0 Å². The standard InChI is InChI=1S/C17H28N4O8/c1-8(17(28)29)19-15(26)13(9(2)22)20-14(25)11-4-3-7-21(11)16(27)10(18)5-6-12(23)24/h8-11,13,22H,3-7,18H2,1-2H3,(H,19,26)(H,20,25)(H,23,24)(H,28,29). The van der Waals surface area contributed by atoms with Gasteiger partial charge in [0.25, 0.3) is 0 Å². The third kappa shape index (κ3) is 6.98. The van der Waals surface area contributed by atoms with Gasteiger partial charge in [-0.25, -0.2) is 0 Å². The Bertz CT molecular complexity index is 653. The molecule has 7 N–H and O–H groups in total. The summed E-state index contributed by atoms with van der Waals surface area (Å²) in [5.41, 5.74) is 5.74. The zero-order valence-corrected chi connectivity index (χ0v) is 16.3. The summed E-state index contributed by atoms with van der Waals surface area (Å²) in [5.74, 6) is -4.51. The molecule has 1 saturated heterocycles. The van der Waals surface area contributed by atoms with Crippen molar-refractivity contribution in [1.82, 2.24) is 15.5 Å². The van der Waals surface area contributed by atoms with Gasteiger partial charge >= 0.3 is 11.9 Å². The van der Waals surface area contributed by atoms with Crippen LogP contribution in [0.25, 0.3) is 0 Å². The largest absolute Gasteiger partial charge is 0.481 e. The van der Waals surface area contributed by atoms with Crippen molar-refractivity contribution in [3.05, 3.63) is 0 Å². The molecule has 0 saturated carbocycles. The fourth-order valence-electron chi connectivity index (χ4n) is 2.94. The van der Waals surface area contributed by atoms with E-state index in [1.54, 1.807) is 0 Å². The summed E-state index contributed by atoms with van der Waals surface area (Å²) < 4.78 is 0. The van der Waals surface area contributed by atoms with E-state index in [-0.39, 0.29) is 19.4 Å². The van der Waals surface area contributed by atoms with E-state index in [0.717, 1.165) is 0 Å². The fraction of sp³-hybridized carbons (Fsp3) is 0.706. The molecular weight excluding hydrogens is 388 g/mol. The van der Waals surface area contributed by atoms with Crippen molar-refractivity contribution in [2.75, 3.05) is 6.54 Å². The van der Waals surface area contributed by atoms with Crippen LogP contribution >= 0.6 is 0 Å². The maximum Gasteiger partial charge on any atom is 0.325 e. The molecule has 5 atom stereocenters.